The van der Waals surface area contributed by atoms with Gasteiger partial charge in [0.15, 0.2) is 0 Å². The second-order valence-electron chi connectivity index (χ2n) is 4.75. The molecule has 0 fully saturated rings. The summed E-state index contributed by atoms with van der Waals surface area (Å²) in [4.78, 5) is 5.54. The normalized spacial score (nSPS) is 14.7. The van der Waals surface area contributed by atoms with Gasteiger partial charge in [0.1, 0.15) is 0 Å². The van der Waals surface area contributed by atoms with Crippen LogP contribution in [0.25, 0.3) is 0 Å². The van der Waals surface area contributed by atoms with Crippen molar-refractivity contribution in [3.63, 3.8) is 0 Å². The van der Waals surface area contributed by atoms with Crippen molar-refractivity contribution in [3.8, 4) is 0 Å². The smallest absolute Gasteiger partial charge is 0.0897 e. The van der Waals surface area contributed by atoms with Crippen molar-refractivity contribution in [2.75, 3.05) is 0 Å². The van der Waals surface area contributed by atoms with Crippen LogP contribution >= 0.6 is 11.3 Å². The van der Waals surface area contributed by atoms with Gasteiger partial charge < -0.3 is 5.32 Å². The lowest BCUT2D eigenvalue weighted by molar-refractivity contribution is 0.365. The van der Waals surface area contributed by atoms with Gasteiger partial charge in [-0.2, -0.15) is 5.10 Å². The minimum atomic E-state index is 0.340. The predicted octanol–water partition coefficient (Wildman–Crippen LogP) is 2.70. The van der Waals surface area contributed by atoms with E-state index < -0.39 is 0 Å². The zero-order valence-electron chi connectivity index (χ0n) is 11.3. The molecule has 2 rings (SSSR count). The quantitative estimate of drug-likeness (QED) is 0.903. The molecule has 0 radical (unpaired) electrons. The number of thiazole rings is 1. The molecular weight excluding hydrogens is 244 g/mol. The summed E-state index contributed by atoms with van der Waals surface area (Å²) in [6.07, 6.45) is 5.93. The van der Waals surface area contributed by atoms with Gasteiger partial charge in [-0.25, -0.2) is 4.98 Å². The third-order valence-electron chi connectivity index (χ3n) is 3.14. The Kier molecular flexibility index (Phi) is 4.14. The molecule has 4 nitrogen and oxygen atoms in total. The monoisotopic (exact) mass is 264 g/mol. The maximum Gasteiger partial charge on any atom is 0.0897 e. The van der Waals surface area contributed by atoms with E-state index in [4.69, 9.17) is 0 Å². The summed E-state index contributed by atoms with van der Waals surface area (Å²) in [5, 5.41) is 9.01. The van der Waals surface area contributed by atoms with Gasteiger partial charge in [-0.05, 0) is 33.3 Å². The molecule has 0 bridgehead atoms. The molecule has 1 N–H and O–H groups in total. The van der Waals surface area contributed by atoms with Crippen LogP contribution in [0.15, 0.2) is 18.6 Å². The summed E-state index contributed by atoms with van der Waals surface area (Å²) < 4.78 is 2.02. The molecule has 0 unspecified atom stereocenters. The third kappa shape index (κ3) is 3.17. The average molecular weight is 264 g/mol. The predicted molar refractivity (Wildman–Crippen MR) is 74.8 cm³/mol. The van der Waals surface area contributed by atoms with Gasteiger partial charge in [0.25, 0.3) is 0 Å². The first kappa shape index (κ1) is 13.2. The van der Waals surface area contributed by atoms with E-state index >= 15 is 0 Å². The zero-order chi connectivity index (χ0) is 13.1. The lowest BCUT2D eigenvalue weighted by Gasteiger charge is -2.21. The van der Waals surface area contributed by atoms with Gasteiger partial charge in [-0.15, -0.1) is 11.3 Å². The van der Waals surface area contributed by atoms with Gasteiger partial charge in [-0.3, -0.25) is 4.68 Å². The lowest BCUT2D eigenvalue weighted by atomic mass is 10.2. The van der Waals surface area contributed by atoms with E-state index in [0.29, 0.717) is 12.1 Å². The van der Waals surface area contributed by atoms with Crippen molar-refractivity contribution in [1.29, 1.82) is 0 Å². The van der Waals surface area contributed by atoms with Crippen LogP contribution in [0.3, 0.4) is 0 Å². The topological polar surface area (TPSA) is 42.7 Å². The highest BCUT2D eigenvalue weighted by molar-refractivity contribution is 7.11. The van der Waals surface area contributed by atoms with Crippen LogP contribution in [-0.4, -0.2) is 20.8 Å². The van der Waals surface area contributed by atoms with E-state index in [2.05, 4.69) is 42.4 Å². The average Bonchev–Trinajstić information content (AvgIpc) is 2.94. The van der Waals surface area contributed by atoms with Gasteiger partial charge in [0.05, 0.1) is 17.2 Å². The highest BCUT2D eigenvalue weighted by Crippen LogP contribution is 2.14. The molecule has 18 heavy (non-hydrogen) atoms. The van der Waals surface area contributed by atoms with Crippen molar-refractivity contribution in [2.45, 2.75) is 46.3 Å². The van der Waals surface area contributed by atoms with Crippen LogP contribution < -0.4 is 5.32 Å². The second kappa shape index (κ2) is 5.63. The third-order valence-corrected chi connectivity index (χ3v) is 4.05. The fourth-order valence-corrected chi connectivity index (χ4v) is 2.55. The Morgan fingerprint density at radius 2 is 2.11 bits per heavy atom. The summed E-state index contributed by atoms with van der Waals surface area (Å²) >= 11 is 1.75. The Balaban J connectivity index is 1.89. The molecule has 0 aliphatic carbocycles. The highest BCUT2D eigenvalue weighted by Gasteiger charge is 2.14. The molecule has 5 heteroatoms. The van der Waals surface area contributed by atoms with Crippen LogP contribution in [-0.2, 0) is 6.54 Å². The fraction of sp³-hybridized carbons (Fsp3) is 0.538. The number of nitrogens with zero attached hydrogens (tertiary/aromatic N) is 3. The van der Waals surface area contributed by atoms with E-state index in [1.165, 1.54) is 10.4 Å². The number of nitrogens with one attached hydrogen (secondary N) is 1. The number of rotatable bonds is 5. The van der Waals surface area contributed by atoms with Gasteiger partial charge >= 0.3 is 0 Å². The Hall–Kier alpha value is -1.20. The van der Waals surface area contributed by atoms with Gasteiger partial charge in [0.2, 0.25) is 0 Å². The Labute approximate surface area is 112 Å². The van der Waals surface area contributed by atoms with Crippen LogP contribution in [0.2, 0.25) is 0 Å². The van der Waals surface area contributed by atoms with Crippen molar-refractivity contribution in [1.82, 2.24) is 20.1 Å². The van der Waals surface area contributed by atoms with E-state index in [-0.39, 0.29) is 0 Å². The first-order valence-electron chi connectivity index (χ1n) is 6.21. The van der Waals surface area contributed by atoms with E-state index in [9.17, 15) is 0 Å². The van der Waals surface area contributed by atoms with E-state index in [0.717, 1.165) is 11.6 Å². The Morgan fingerprint density at radius 1 is 1.33 bits per heavy atom. The molecular formula is C13H20N4S. The molecule has 0 saturated carbocycles. The van der Waals surface area contributed by atoms with Crippen molar-refractivity contribution in [2.24, 2.45) is 0 Å². The number of aryl methyl sites for hydroxylation is 2. The van der Waals surface area contributed by atoms with Crippen molar-refractivity contribution in [3.05, 3.63) is 34.0 Å². The second-order valence-corrected chi connectivity index (χ2v) is 6.07. The SMILES string of the molecule is Cc1cnn([C@@H](C)[C@@H](C)NCc2cnc(C)s2)c1. The first-order valence-corrected chi connectivity index (χ1v) is 7.03. The molecule has 0 amide bonds. The molecule has 0 spiro atoms. The lowest BCUT2D eigenvalue weighted by Crippen LogP contribution is -2.33. The summed E-state index contributed by atoms with van der Waals surface area (Å²) in [5.74, 6) is 0. The highest BCUT2D eigenvalue weighted by atomic mass is 32.1. The fourth-order valence-electron chi connectivity index (χ4n) is 1.80. The summed E-state index contributed by atoms with van der Waals surface area (Å²) in [5.41, 5.74) is 1.20. The molecule has 2 atom stereocenters. The maximum atomic E-state index is 4.36. The molecule has 0 aromatic carbocycles. The molecule has 2 aromatic rings. The maximum absolute atomic E-state index is 4.36. The van der Waals surface area contributed by atoms with E-state index in [1.54, 1.807) is 11.3 Å². The number of hydrogen-bond donors (Lipinski definition) is 1. The largest absolute Gasteiger partial charge is 0.307 e. The van der Waals surface area contributed by atoms with Gasteiger partial charge in [0, 0.05) is 29.9 Å². The number of hydrogen-bond acceptors (Lipinski definition) is 4. The van der Waals surface area contributed by atoms with Crippen LogP contribution in [0.1, 0.15) is 35.3 Å². The van der Waals surface area contributed by atoms with Crippen LogP contribution in [0.4, 0.5) is 0 Å². The first-order chi connectivity index (χ1) is 8.56. The summed E-state index contributed by atoms with van der Waals surface area (Å²) in [6, 6.07) is 0.708. The molecule has 2 heterocycles. The molecule has 0 saturated heterocycles. The standard InChI is InChI=1S/C13H20N4S/c1-9-5-16-17(8-9)11(3)10(2)14-6-13-7-15-12(4)18-13/h5,7-8,10-11,14H,6H2,1-4H3/t10-,11+/m1/s1. The minimum absolute atomic E-state index is 0.340. The minimum Gasteiger partial charge on any atom is -0.307 e. The van der Waals surface area contributed by atoms with Crippen molar-refractivity contribution >= 4 is 11.3 Å². The van der Waals surface area contributed by atoms with Crippen molar-refractivity contribution < 1.29 is 0 Å². The molecule has 0 aliphatic rings. The Bertz CT molecular complexity index is 503. The molecule has 0 aliphatic heterocycles. The van der Waals surface area contributed by atoms with E-state index in [1.807, 2.05) is 24.0 Å². The summed E-state index contributed by atoms with van der Waals surface area (Å²) in [7, 11) is 0. The molecule has 98 valence electrons. The van der Waals surface area contributed by atoms with Gasteiger partial charge in [-0.1, -0.05) is 0 Å². The van der Waals surface area contributed by atoms with Crippen LogP contribution in [0, 0.1) is 13.8 Å². The zero-order valence-corrected chi connectivity index (χ0v) is 12.2. The number of aromatic nitrogens is 3. The van der Waals surface area contributed by atoms with Crippen LogP contribution in [0.5, 0.6) is 0 Å². The Morgan fingerprint density at radius 3 is 2.67 bits per heavy atom. The molecule has 2 aromatic heterocycles. The summed E-state index contributed by atoms with van der Waals surface area (Å²) in [6.45, 7) is 9.34.